The van der Waals surface area contributed by atoms with E-state index in [0.717, 1.165) is 50.1 Å². The predicted molar refractivity (Wildman–Crippen MR) is 93.2 cm³/mol. The van der Waals surface area contributed by atoms with Crippen LogP contribution in [0.3, 0.4) is 0 Å². The van der Waals surface area contributed by atoms with Crippen LogP contribution in [0.15, 0.2) is 53.4 Å². The largest absolute Gasteiger partial charge is 0.419 e. The van der Waals surface area contributed by atoms with E-state index in [0.29, 0.717) is 0 Å². The number of benzene rings is 1. The zero-order valence-electron chi connectivity index (χ0n) is 13.9. The van der Waals surface area contributed by atoms with Crippen molar-refractivity contribution in [2.24, 2.45) is 5.16 Å². The van der Waals surface area contributed by atoms with Gasteiger partial charge in [0.05, 0.1) is 5.56 Å². The quantitative estimate of drug-likeness (QED) is 0.215. The highest BCUT2D eigenvalue weighted by atomic mass is 16.5. The zero-order chi connectivity index (χ0) is 18.5. The molecular formula is C18H17N3O5. The summed E-state index contributed by atoms with van der Waals surface area (Å²) in [5.74, 6) is -1.87. The van der Waals surface area contributed by atoms with Gasteiger partial charge in [0.1, 0.15) is 6.34 Å². The summed E-state index contributed by atoms with van der Waals surface area (Å²) < 4.78 is 5.03. The lowest BCUT2D eigenvalue weighted by Crippen LogP contribution is -2.45. The van der Waals surface area contributed by atoms with Gasteiger partial charge in [-0.25, -0.2) is 4.79 Å². The van der Waals surface area contributed by atoms with E-state index in [4.69, 9.17) is 9.94 Å². The second-order valence-corrected chi connectivity index (χ2v) is 5.80. The van der Waals surface area contributed by atoms with Crippen LogP contribution in [0, 0.1) is 0 Å². The SMILES string of the molecule is O=C1C=CC(=O)C(OC(=O)c2ccc(N3CCN(/C=N\O)CC3)cc2)=C1. The van der Waals surface area contributed by atoms with Gasteiger partial charge in [0.25, 0.3) is 0 Å². The Morgan fingerprint density at radius 1 is 1.08 bits per heavy atom. The van der Waals surface area contributed by atoms with Crippen molar-refractivity contribution in [3.8, 4) is 0 Å². The third-order valence-corrected chi connectivity index (χ3v) is 4.12. The predicted octanol–water partition coefficient (Wildman–Crippen LogP) is 0.975. The number of piperazine rings is 1. The summed E-state index contributed by atoms with van der Waals surface area (Å²) in [5.41, 5.74) is 1.24. The Labute approximate surface area is 149 Å². The molecule has 1 aliphatic heterocycles. The Kier molecular flexibility index (Phi) is 5.12. The number of rotatable bonds is 4. The molecule has 3 rings (SSSR count). The van der Waals surface area contributed by atoms with Crippen molar-refractivity contribution >= 4 is 29.6 Å². The van der Waals surface area contributed by atoms with Gasteiger partial charge in [-0.3, -0.25) is 9.59 Å². The minimum Gasteiger partial charge on any atom is -0.419 e. The first kappa shape index (κ1) is 17.4. The van der Waals surface area contributed by atoms with Crippen LogP contribution in [0.2, 0.25) is 0 Å². The lowest BCUT2D eigenvalue weighted by Gasteiger charge is -2.34. The van der Waals surface area contributed by atoms with E-state index < -0.39 is 17.5 Å². The molecule has 0 atom stereocenters. The normalized spacial score (nSPS) is 17.6. The molecule has 1 N–H and O–H groups in total. The van der Waals surface area contributed by atoms with E-state index in [-0.39, 0.29) is 11.3 Å². The summed E-state index contributed by atoms with van der Waals surface area (Å²) in [6, 6.07) is 6.83. The van der Waals surface area contributed by atoms with Crippen molar-refractivity contribution in [1.82, 2.24) is 4.90 Å². The number of hydrogen-bond donors (Lipinski definition) is 1. The first-order valence-electron chi connectivity index (χ1n) is 8.03. The molecule has 1 fully saturated rings. The minimum absolute atomic E-state index is 0.270. The number of esters is 1. The van der Waals surface area contributed by atoms with Gasteiger partial charge in [-0.2, -0.15) is 0 Å². The van der Waals surface area contributed by atoms with Crippen LogP contribution >= 0.6 is 0 Å². The number of carbonyl (C=O) groups is 3. The molecule has 8 nitrogen and oxygen atoms in total. The van der Waals surface area contributed by atoms with E-state index in [1.165, 1.54) is 6.34 Å². The second-order valence-electron chi connectivity index (χ2n) is 5.80. The molecular weight excluding hydrogens is 338 g/mol. The molecule has 0 radical (unpaired) electrons. The highest BCUT2D eigenvalue weighted by Crippen LogP contribution is 2.18. The van der Waals surface area contributed by atoms with E-state index in [1.807, 2.05) is 4.90 Å². The fourth-order valence-corrected chi connectivity index (χ4v) is 2.70. The lowest BCUT2D eigenvalue weighted by molar-refractivity contribution is -0.116. The molecule has 0 amide bonds. The maximum Gasteiger partial charge on any atom is 0.343 e. The molecule has 0 spiro atoms. The number of anilines is 1. The number of nitrogens with zero attached hydrogens (tertiary/aromatic N) is 3. The molecule has 0 aromatic heterocycles. The first-order valence-corrected chi connectivity index (χ1v) is 8.03. The van der Waals surface area contributed by atoms with E-state index in [2.05, 4.69) is 10.1 Å². The summed E-state index contributed by atoms with van der Waals surface area (Å²) >= 11 is 0. The van der Waals surface area contributed by atoms with Crippen LogP contribution in [-0.4, -0.2) is 60.2 Å². The van der Waals surface area contributed by atoms with Gasteiger partial charge in [-0.15, -0.1) is 0 Å². The summed E-state index contributed by atoms with van der Waals surface area (Å²) in [4.78, 5) is 39.1. The van der Waals surface area contributed by atoms with Crippen LogP contribution in [0.1, 0.15) is 10.4 Å². The Morgan fingerprint density at radius 2 is 1.77 bits per heavy atom. The Balaban J connectivity index is 1.62. The fraction of sp³-hybridized carbons (Fsp3) is 0.222. The van der Waals surface area contributed by atoms with Crippen LogP contribution < -0.4 is 4.90 Å². The van der Waals surface area contributed by atoms with Gasteiger partial charge in [-0.05, 0) is 36.4 Å². The average molecular weight is 355 g/mol. The Hall–Kier alpha value is -3.42. The second kappa shape index (κ2) is 7.64. The van der Waals surface area contributed by atoms with Crippen molar-refractivity contribution in [3.05, 3.63) is 53.8 Å². The van der Waals surface area contributed by atoms with Crippen LogP contribution in [0.5, 0.6) is 0 Å². The maximum absolute atomic E-state index is 12.2. The lowest BCUT2D eigenvalue weighted by atomic mass is 10.1. The summed E-state index contributed by atoms with van der Waals surface area (Å²) in [7, 11) is 0. The molecule has 0 bridgehead atoms. The monoisotopic (exact) mass is 355 g/mol. The van der Waals surface area contributed by atoms with Crippen LogP contribution in [0.4, 0.5) is 5.69 Å². The van der Waals surface area contributed by atoms with E-state index in [1.54, 1.807) is 24.3 Å². The van der Waals surface area contributed by atoms with Crippen molar-refractivity contribution in [2.75, 3.05) is 31.1 Å². The fourth-order valence-electron chi connectivity index (χ4n) is 2.70. The molecule has 1 aromatic rings. The zero-order valence-corrected chi connectivity index (χ0v) is 13.9. The highest BCUT2D eigenvalue weighted by molar-refractivity contribution is 6.17. The standard InChI is InChI=1S/C18H17N3O5/c22-15-5-6-16(23)17(11-15)26-18(24)13-1-3-14(4-2-13)21-9-7-20(8-10-21)12-19-25/h1-6,11-12,25H,7-10H2/b19-12-. The molecule has 2 aliphatic rings. The molecule has 134 valence electrons. The summed E-state index contributed by atoms with van der Waals surface area (Å²) in [5, 5.41) is 11.6. The minimum atomic E-state index is -0.691. The van der Waals surface area contributed by atoms with Crippen molar-refractivity contribution < 1.29 is 24.3 Å². The van der Waals surface area contributed by atoms with Crippen molar-refractivity contribution in [2.45, 2.75) is 0 Å². The van der Waals surface area contributed by atoms with Gasteiger partial charge >= 0.3 is 5.97 Å². The molecule has 0 saturated carbocycles. The molecule has 1 heterocycles. The Morgan fingerprint density at radius 3 is 2.42 bits per heavy atom. The van der Waals surface area contributed by atoms with Gasteiger partial charge in [-0.1, -0.05) is 5.16 Å². The summed E-state index contributed by atoms with van der Waals surface area (Å²) in [6.45, 7) is 2.97. The van der Waals surface area contributed by atoms with Crippen molar-refractivity contribution in [3.63, 3.8) is 0 Å². The smallest absolute Gasteiger partial charge is 0.343 e. The molecule has 1 aromatic carbocycles. The molecule has 8 heteroatoms. The third kappa shape index (κ3) is 3.97. The van der Waals surface area contributed by atoms with Gasteiger partial charge in [0, 0.05) is 37.9 Å². The average Bonchev–Trinajstić information content (AvgIpc) is 2.66. The topological polar surface area (TPSA) is 99.5 Å². The van der Waals surface area contributed by atoms with Crippen molar-refractivity contribution in [1.29, 1.82) is 0 Å². The summed E-state index contributed by atoms with van der Waals surface area (Å²) in [6.07, 6.45) is 4.61. The number of hydrogen-bond acceptors (Lipinski definition) is 7. The number of ketones is 2. The van der Waals surface area contributed by atoms with Gasteiger partial charge in [0.15, 0.2) is 11.5 Å². The number of allylic oxidation sites excluding steroid dienone is 3. The molecule has 26 heavy (non-hydrogen) atoms. The number of ether oxygens (including phenoxy) is 1. The highest BCUT2D eigenvalue weighted by Gasteiger charge is 2.20. The third-order valence-electron chi connectivity index (χ3n) is 4.12. The Bertz CT molecular complexity index is 803. The van der Waals surface area contributed by atoms with E-state index >= 15 is 0 Å². The number of oxime groups is 1. The molecule has 1 aliphatic carbocycles. The number of carbonyl (C=O) groups excluding carboxylic acids is 3. The molecule has 1 saturated heterocycles. The maximum atomic E-state index is 12.2. The molecule has 0 unspecified atom stereocenters. The van der Waals surface area contributed by atoms with Gasteiger partial charge < -0.3 is 19.7 Å². The van der Waals surface area contributed by atoms with Crippen LogP contribution in [0.25, 0.3) is 0 Å². The van der Waals surface area contributed by atoms with E-state index in [9.17, 15) is 14.4 Å². The van der Waals surface area contributed by atoms with Gasteiger partial charge in [0.2, 0.25) is 5.78 Å². The first-order chi connectivity index (χ1) is 12.6. The van der Waals surface area contributed by atoms with Crippen LogP contribution in [-0.2, 0) is 14.3 Å².